The van der Waals surface area contributed by atoms with Crippen molar-refractivity contribution in [2.45, 2.75) is 46.6 Å². The van der Waals surface area contributed by atoms with Gasteiger partial charge in [0.15, 0.2) is 16.4 Å². The summed E-state index contributed by atoms with van der Waals surface area (Å²) in [5.41, 5.74) is 0.369. The first kappa shape index (κ1) is 15.2. The molecule has 20 heavy (non-hydrogen) atoms. The van der Waals surface area contributed by atoms with E-state index in [1.54, 1.807) is 4.57 Å². The first-order chi connectivity index (χ1) is 9.03. The van der Waals surface area contributed by atoms with E-state index in [0.717, 1.165) is 12.5 Å². The number of nitrogens with one attached hydrogen (secondary N) is 1. The van der Waals surface area contributed by atoms with Gasteiger partial charge in [0.2, 0.25) is 0 Å². The predicted molar refractivity (Wildman–Crippen MR) is 80.4 cm³/mol. The van der Waals surface area contributed by atoms with Crippen molar-refractivity contribution in [3.8, 4) is 0 Å². The van der Waals surface area contributed by atoms with Gasteiger partial charge in [-0.15, -0.1) is 0 Å². The predicted octanol–water partition coefficient (Wildman–Crippen LogP) is 5.15. The Bertz CT molecular complexity index is 705. The van der Waals surface area contributed by atoms with Crippen molar-refractivity contribution < 1.29 is 8.78 Å². The maximum atomic E-state index is 14.2. The Balaban J connectivity index is 2.74. The summed E-state index contributed by atoms with van der Waals surface area (Å²) in [5.74, 6) is -1.70. The maximum absolute atomic E-state index is 14.2. The zero-order chi connectivity index (χ0) is 15.3. The Morgan fingerprint density at radius 1 is 1.15 bits per heavy atom. The molecule has 0 aliphatic rings. The molecule has 5 heteroatoms. The fourth-order valence-electron chi connectivity index (χ4n) is 3.09. The van der Waals surface area contributed by atoms with Gasteiger partial charge in [-0.3, -0.25) is 0 Å². The molecule has 0 amide bonds. The molecule has 2 rings (SSSR count). The molecule has 0 radical (unpaired) electrons. The van der Waals surface area contributed by atoms with Crippen LogP contribution in [0.1, 0.15) is 41.0 Å². The van der Waals surface area contributed by atoms with Gasteiger partial charge in [0.05, 0.1) is 5.52 Å². The molecule has 1 N–H and O–H groups in total. The normalized spacial score (nSPS) is 13.2. The molecule has 0 atom stereocenters. The average molecular weight is 298 g/mol. The number of fused-ring (bicyclic) bond motifs is 1. The second-order valence-corrected chi connectivity index (χ2v) is 7.46. The highest BCUT2D eigenvalue weighted by Crippen LogP contribution is 2.35. The zero-order valence-electron chi connectivity index (χ0n) is 12.5. The van der Waals surface area contributed by atoms with Crippen LogP contribution in [0, 0.1) is 21.8 Å². The van der Waals surface area contributed by atoms with Crippen LogP contribution in [0.2, 0.25) is 0 Å². The molecule has 0 spiro atoms. The van der Waals surface area contributed by atoms with E-state index in [4.69, 9.17) is 12.2 Å². The Labute approximate surface area is 122 Å². The SMILES string of the molecule is CC(C)(C)CC(C)(C)n1c(=S)[nH]c2ccc(F)c(F)c21. The number of hydrogen-bond acceptors (Lipinski definition) is 1. The van der Waals surface area contributed by atoms with Gasteiger partial charge in [0, 0.05) is 5.54 Å². The topological polar surface area (TPSA) is 20.7 Å². The maximum Gasteiger partial charge on any atom is 0.184 e. The molecule has 2 aromatic rings. The smallest absolute Gasteiger partial charge is 0.184 e. The number of H-pyrrole nitrogens is 1. The summed E-state index contributed by atoms with van der Waals surface area (Å²) < 4.78 is 29.8. The number of halogens is 2. The lowest BCUT2D eigenvalue weighted by molar-refractivity contribution is 0.216. The minimum Gasteiger partial charge on any atom is -0.330 e. The summed E-state index contributed by atoms with van der Waals surface area (Å²) in [6, 6.07) is 2.64. The molecular formula is C15H20F2N2S. The van der Waals surface area contributed by atoms with Gasteiger partial charge in [0.1, 0.15) is 5.52 Å². The minimum absolute atomic E-state index is 0.0473. The van der Waals surface area contributed by atoms with E-state index < -0.39 is 17.2 Å². The fourth-order valence-corrected chi connectivity index (χ4v) is 3.53. The third-order valence-corrected chi connectivity index (χ3v) is 3.59. The number of nitrogens with zero attached hydrogens (tertiary/aromatic N) is 1. The van der Waals surface area contributed by atoms with Crippen molar-refractivity contribution in [3.05, 3.63) is 28.5 Å². The standard InChI is InChI=1S/C15H20F2N2S/c1-14(2,3)8-15(4,5)19-12-10(18-13(19)20)7-6-9(16)11(12)17/h6-7H,8H2,1-5H3,(H,18,20). The van der Waals surface area contributed by atoms with Gasteiger partial charge in [-0.2, -0.15) is 0 Å². The lowest BCUT2D eigenvalue weighted by atomic mass is 9.81. The number of hydrogen-bond donors (Lipinski definition) is 1. The highest BCUT2D eigenvalue weighted by Gasteiger charge is 2.30. The second kappa shape index (κ2) is 4.65. The summed E-state index contributed by atoms with van der Waals surface area (Å²) in [6.45, 7) is 10.3. The average Bonchev–Trinajstić information content (AvgIpc) is 2.58. The van der Waals surface area contributed by atoms with E-state index in [0.29, 0.717) is 10.3 Å². The van der Waals surface area contributed by atoms with Gasteiger partial charge in [-0.1, -0.05) is 20.8 Å². The van der Waals surface area contributed by atoms with Crippen LogP contribution in [0.15, 0.2) is 12.1 Å². The Morgan fingerprint density at radius 3 is 2.30 bits per heavy atom. The molecule has 1 aromatic heterocycles. The van der Waals surface area contributed by atoms with Gasteiger partial charge in [0.25, 0.3) is 0 Å². The first-order valence-corrected chi connectivity index (χ1v) is 7.03. The number of aromatic amines is 1. The van der Waals surface area contributed by atoms with Crippen molar-refractivity contribution in [1.29, 1.82) is 0 Å². The molecule has 1 heterocycles. The molecule has 2 nitrogen and oxygen atoms in total. The summed E-state index contributed by atoms with van der Waals surface area (Å²) in [5, 5.41) is 0. The van der Waals surface area contributed by atoms with E-state index in [2.05, 4.69) is 25.8 Å². The van der Waals surface area contributed by atoms with Crippen molar-refractivity contribution in [3.63, 3.8) is 0 Å². The summed E-state index contributed by atoms with van der Waals surface area (Å²) in [6.07, 6.45) is 0.789. The Hall–Kier alpha value is -1.23. The zero-order valence-corrected chi connectivity index (χ0v) is 13.3. The van der Waals surface area contributed by atoms with Gasteiger partial charge in [-0.05, 0) is 50.0 Å². The highest BCUT2D eigenvalue weighted by molar-refractivity contribution is 7.71. The third-order valence-electron chi connectivity index (χ3n) is 3.31. The molecular weight excluding hydrogens is 278 g/mol. The first-order valence-electron chi connectivity index (χ1n) is 6.62. The monoisotopic (exact) mass is 298 g/mol. The number of benzene rings is 1. The molecule has 1 aromatic carbocycles. The number of imidazole rings is 1. The van der Waals surface area contributed by atoms with Crippen LogP contribution >= 0.6 is 12.2 Å². The number of rotatable bonds is 2. The van der Waals surface area contributed by atoms with Crippen LogP contribution in [-0.2, 0) is 5.54 Å². The molecule has 0 fully saturated rings. The Kier molecular flexibility index (Phi) is 3.53. The van der Waals surface area contributed by atoms with Gasteiger partial charge >= 0.3 is 0 Å². The van der Waals surface area contributed by atoms with Crippen LogP contribution in [0.25, 0.3) is 11.0 Å². The van der Waals surface area contributed by atoms with Crippen LogP contribution in [-0.4, -0.2) is 9.55 Å². The van der Waals surface area contributed by atoms with Crippen LogP contribution < -0.4 is 0 Å². The third kappa shape index (κ3) is 2.64. The molecule has 0 bridgehead atoms. The van der Waals surface area contributed by atoms with Crippen molar-refractivity contribution >= 4 is 23.3 Å². The van der Waals surface area contributed by atoms with Crippen molar-refractivity contribution in [1.82, 2.24) is 9.55 Å². The van der Waals surface area contributed by atoms with Gasteiger partial charge < -0.3 is 9.55 Å². The van der Waals surface area contributed by atoms with Gasteiger partial charge in [-0.25, -0.2) is 8.78 Å². The lowest BCUT2D eigenvalue weighted by Crippen LogP contribution is -2.31. The van der Waals surface area contributed by atoms with Crippen LogP contribution in [0.4, 0.5) is 8.78 Å². The summed E-state index contributed by atoms with van der Waals surface area (Å²) in [7, 11) is 0. The second-order valence-electron chi connectivity index (χ2n) is 7.07. The highest BCUT2D eigenvalue weighted by atomic mass is 32.1. The van der Waals surface area contributed by atoms with E-state index >= 15 is 0 Å². The van der Waals surface area contributed by atoms with E-state index in [1.165, 1.54) is 6.07 Å². The van der Waals surface area contributed by atoms with Crippen molar-refractivity contribution in [2.24, 2.45) is 5.41 Å². The molecule has 0 saturated carbocycles. The van der Waals surface area contributed by atoms with E-state index in [-0.39, 0.29) is 10.9 Å². The number of aromatic nitrogens is 2. The minimum atomic E-state index is -0.855. The largest absolute Gasteiger partial charge is 0.330 e. The molecule has 110 valence electrons. The lowest BCUT2D eigenvalue weighted by Gasteiger charge is -2.34. The molecule has 0 aliphatic carbocycles. The summed E-state index contributed by atoms with van der Waals surface area (Å²) >= 11 is 5.31. The van der Waals surface area contributed by atoms with E-state index in [9.17, 15) is 8.78 Å². The van der Waals surface area contributed by atoms with Crippen molar-refractivity contribution in [2.75, 3.05) is 0 Å². The molecule has 0 aliphatic heterocycles. The fraction of sp³-hybridized carbons (Fsp3) is 0.533. The van der Waals surface area contributed by atoms with Crippen LogP contribution in [0.3, 0.4) is 0 Å². The molecule has 0 saturated heterocycles. The molecule has 0 unspecified atom stereocenters. The quantitative estimate of drug-likeness (QED) is 0.761. The summed E-state index contributed by atoms with van der Waals surface area (Å²) in [4.78, 5) is 2.96. The van der Waals surface area contributed by atoms with E-state index in [1.807, 2.05) is 13.8 Å². The van der Waals surface area contributed by atoms with Crippen LogP contribution in [0.5, 0.6) is 0 Å². The Morgan fingerprint density at radius 2 is 1.75 bits per heavy atom.